The van der Waals surface area contributed by atoms with Gasteiger partial charge in [0.1, 0.15) is 17.2 Å². The van der Waals surface area contributed by atoms with Crippen LogP contribution in [-0.2, 0) is 19.1 Å². The number of rotatable bonds is 11. The van der Waals surface area contributed by atoms with Gasteiger partial charge < -0.3 is 19.4 Å². The summed E-state index contributed by atoms with van der Waals surface area (Å²) in [5.74, 6) is -1.61. The second kappa shape index (κ2) is 13.6. The number of benzene rings is 2. The van der Waals surface area contributed by atoms with E-state index < -0.39 is 35.1 Å². The molecule has 0 aliphatic carbocycles. The zero-order valence-corrected chi connectivity index (χ0v) is 22.9. The summed E-state index contributed by atoms with van der Waals surface area (Å²) in [6, 6.07) is 20.8. The molecule has 1 aromatic heterocycles. The van der Waals surface area contributed by atoms with Gasteiger partial charge in [0.2, 0.25) is 0 Å². The van der Waals surface area contributed by atoms with E-state index in [0.29, 0.717) is 12.8 Å². The summed E-state index contributed by atoms with van der Waals surface area (Å²) in [6.45, 7) is 5.40. The first-order valence-electron chi connectivity index (χ1n) is 13.0. The SMILES string of the molecule is COC(=O)[C@H](CCCCC(=O)OC(C)(C)C)NC(=O)c1cccn(C(c2ccccc2)c2ccccc2)c1=O. The number of hydrogen-bond donors (Lipinski definition) is 1. The van der Waals surface area contributed by atoms with Gasteiger partial charge in [-0.2, -0.15) is 0 Å². The Morgan fingerprint density at radius 1 is 0.872 bits per heavy atom. The van der Waals surface area contributed by atoms with E-state index in [1.54, 1.807) is 33.0 Å². The van der Waals surface area contributed by atoms with E-state index in [-0.39, 0.29) is 24.4 Å². The van der Waals surface area contributed by atoms with Crippen LogP contribution in [0.2, 0.25) is 0 Å². The van der Waals surface area contributed by atoms with Gasteiger partial charge in [0.25, 0.3) is 11.5 Å². The van der Waals surface area contributed by atoms with Crippen LogP contribution in [0, 0.1) is 0 Å². The molecule has 1 heterocycles. The molecule has 1 atom stereocenters. The molecule has 0 radical (unpaired) electrons. The largest absolute Gasteiger partial charge is 0.467 e. The van der Waals surface area contributed by atoms with Crippen molar-refractivity contribution in [2.45, 2.75) is 64.1 Å². The zero-order chi connectivity index (χ0) is 28.4. The molecule has 0 unspecified atom stereocenters. The van der Waals surface area contributed by atoms with Gasteiger partial charge in [0, 0.05) is 12.6 Å². The Balaban J connectivity index is 1.79. The van der Waals surface area contributed by atoms with Gasteiger partial charge in [-0.3, -0.25) is 14.4 Å². The average molecular weight is 533 g/mol. The number of carbonyl (C=O) groups excluding carboxylic acids is 3. The van der Waals surface area contributed by atoms with Gasteiger partial charge in [-0.15, -0.1) is 0 Å². The van der Waals surface area contributed by atoms with Crippen molar-refractivity contribution >= 4 is 17.8 Å². The maximum absolute atomic E-state index is 13.6. The molecule has 0 fully saturated rings. The summed E-state index contributed by atoms with van der Waals surface area (Å²) in [7, 11) is 1.24. The van der Waals surface area contributed by atoms with Crippen LogP contribution in [0.3, 0.4) is 0 Å². The van der Waals surface area contributed by atoms with Gasteiger partial charge >= 0.3 is 11.9 Å². The summed E-state index contributed by atoms with van der Waals surface area (Å²) in [5, 5.41) is 2.65. The average Bonchev–Trinajstić information content (AvgIpc) is 2.91. The Morgan fingerprint density at radius 3 is 2.00 bits per heavy atom. The predicted octanol–water partition coefficient (Wildman–Crippen LogP) is 4.66. The number of hydrogen-bond acceptors (Lipinski definition) is 6. The fourth-order valence-electron chi connectivity index (χ4n) is 4.31. The van der Waals surface area contributed by atoms with Crippen molar-refractivity contribution in [3.05, 3.63) is 106 Å². The van der Waals surface area contributed by atoms with E-state index in [0.717, 1.165) is 11.1 Å². The number of pyridine rings is 1. The van der Waals surface area contributed by atoms with Crippen LogP contribution < -0.4 is 10.9 Å². The van der Waals surface area contributed by atoms with Crippen molar-refractivity contribution in [2.24, 2.45) is 0 Å². The van der Waals surface area contributed by atoms with Crippen LogP contribution in [0.5, 0.6) is 0 Å². The number of esters is 2. The van der Waals surface area contributed by atoms with E-state index in [9.17, 15) is 19.2 Å². The number of unbranched alkanes of at least 4 members (excludes halogenated alkanes) is 1. The summed E-state index contributed by atoms with van der Waals surface area (Å²) in [5.41, 5.74) is 0.641. The monoisotopic (exact) mass is 532 g/mol. The molecule has 0 spiro atoms. The summed E-state index contributed by atoms with van der Waals surface area (Å²) in [4.78, 5) is 51.2. The second-order valence-corrected chi connectivity index (χ2v) is 10.2. The quantitative estimate of drug-likeness (QED) is 0.285. The molecule has 8 heteroatoms. The molecular formula is C31H36N2O6. The number of nitrogens with zero attached hydrogens (tertiary/aromatic N) is 1. The number of carbonyl (C=O) groups is 3. The second-order valence-electron chi connectivity index (χ2n) is 10.2. The third-order valence-electron chi connectivity index (χ3n) is 6.06. The topological polar surface area (TPSA) is 104 Å². The third kappa shape index (κ3) is 8.40. The Kier molecular flexibility index (Phi) is 10.2. The highest BCUT2D eigenvalue weighted by atomic mass is 16.6. The molecule has 0 saturated heterocycles. The van der Waals surface area contributed by atoms with Crippen LogP contribution in [-0.4, -0.2) is 41.2 Å². The molecule has 0 saturated carbocycles. The van der Waals surface area contributed by atoms with E-state index in [1.165, 1.54) is 17.7 Å². The standard InChI is InChI=1S/C31H36N2O6/c1-31(2,3)39-26(34)20-12-11-19-25(30(37)38-4)32-28(35)24-18-13-21-33(29(24)36)27(22-14-7-5-8-15-22)23-16-9-6-10-17-23/h5-10,13-18,21,25,27H,11-12,19-20H2,1-4H3,(H,32,35)/t25-/m0/s1. The fourth-order valence-corrected chi connectivity index (χ4v) is 4.31. The van der Waals surface area contributed by atoms with Crippen molar-refractivity contribution in [3.8, 4) is 0 Å². The number of aromatic nitrogens is 1. The minimum atomic E-state index is -0.965. The maximum Gasteiger partial charge on any atom is 0.328 e. The van der Waals surface area contributed by atoms with E-state index >= 15 is 0 Å². The number of nitrogens with one attached hydrogen (secondary N) is 1. The Bertz CT molecular complexity index is 1270. The van der Waals surface area contributed by atoms with E-state index in [1.807, 2.05) is 60.7 Å². The number of amides is 1. The first kappa shape index (κ1) is 29.4. The van der Waals surface area contributed by atoms with Crippen LogP contribution in [0.4, 0.5) is 0 Å². The Hall–Kier alpha value is -4.20. The minimum Gasteiger partial charge on any atom is -0.467 e. The number of ether oxygens (including phenoxy) is 2. The van der Waals surface area contributed by atoms with Gasteiger partial charge in [-0.05, 0) is 56.9 Å². The molecule has 3 rings (SSSR count). The molecule has 1 amide bonds. The molecular weight excluding hydrogens is 496 g/mol. The lowest BCUT2D eigenvalue weighted by atomic mass is 9.98. The molecule has 8 nitrogen and oxygen atoms in total. The molecule has 3 aromatic rings. The molecule has 0 aliphatic heterocycles. The van der Waals surface area contributed by atoms with Crippen molar-refractivity contribution in [2.75, 3.05) is 7.11 Å². The zero-order valence-electron chi connectivity index (χ0n) is 22.9. The van der Waals surface area contributed by atoms with Crippen LogP contribution >= 0.6 is 0 Å². The predicted molar refractivity (Wildman–Crippen MR) is 148 cm³/mol. The van der Waals surface area contributed by atoms with Gasteiger partial charge in [0.15, 0.2) is 0 Å². The minimum absolute atomic E-state index is 0.0861. The maximum atomic E-state index is 13.6. The normalized spacial score (nSPS) is 12.0. The molecule has 206 valence electrons. The summed E-state index contributed by atoms with van der Waals surface area (Å²) in [6.07, 6.45) is 3.05. The number of methoxy groups -OCH3 is 1. The van der Waals surface area contributed by atoms with Gasteiger partial charge in [-0.25, -0.2) is 4.79 Å². The van der Waals surface area contributed by atoms with Crippen LogP contribution in [0.15, 0.2) is 83.8 Å². The van der Waals surface area contributed by atoms with E-state index in [2.05, 4.69) is 5.32 Å². The van der Waals surface area contributed by atoms with Crippen LogP contribution in [0.25, 0.3) is 0 Å². The molecule has 0 bridgehead atoms. The van der Waals surface area contributed by atoms with Crippen molar-refractivity contribution in [1.82, 2.24) is 9.88 Å². The molecule has 0 aliphatic rings. The highest BCUT2D eigenvalue weighted by Crippen LogP contribution is 2.25. The summed E-state index contributed by atoms with van der Waals surface area (Å²) < 4.78 is 11.7. The first-order valence-corrected chi connectivity index (χ1v) is 13.0. The third-order valence-corrected chi connectivity index (χ3v) is 6.06. The van der Waals surface area contributed by atoms with Crippen molar-refractivity contribution < 1.29 is 23.9 Å². The molecule has 2 aromatic carbocycles. The Morgan fingerprint density at radius 2 is 1.46 bits per heavy atom. The smallest absolute Gasteiger partial charge is 0.328 e. The first-order chi connectivity index (χ1) is 18.6. The van der Waals surface area contributed by atoms with Crippen molar-refractivity contribution in [1.29, 1.82) is 0 Å². The summed E-state index contributed by atoms with van der Waals surface area (Å²) >= 11 is 0. The van der Waals surface area contributed by atoms with Crippen LogP contribution in [0.1, 0.15) is 74.0 Å². The molecule has 39 heavy (non-hydrogen) atoms. The highest BCUT2D eigenvalue weighted by molar-refractivity contribution is 5.96. The Labute approximate surface area is 229 Å². The highest BCUT2D eigenvalue weighted by Gasteiger charge is 2.25. The fraction of sp³-hybridized carbons (Fsp3) is 0.355. The van der Waals surface area contributed by atoms with E-state index in [4.69, 9.17) is 9.47 Å². The lowest BCUT2D eigenvalue weighted by molar-refractivity contribution is -0.154. The lowest BCUT2D eigenvalue weighted by Gasteiger charge is -2.22. The van der Waals surface area contributed by atoms with Gasteiger partial charge in [-0.1, -0.05) is 67.1 Å². The van der Waals surface area contributed by atoms with Gasteiger partial charge in [0.05, 0.1) is 13.2 Å². The van der Waals surface area contributed by atoms with Crippen molar-refractivity contribution in [3.63, 3.8) is 0 Å². The lowest BCUT2D eigenvalue weighted by Crippen LogP contribution is -2.44. The molecule has 1 N–H and O–H groups in total.